The summed E-state index contributed by atoms with van der Waals surface area (Å²) in [6, 6.07) is 16.9. The predicted molar refractivity (Wildman–Crippen MR) is 187 cm³/mol. The maximum Gasteiger partial charge on any atom is 0.418 e. The fraction of sp³-hybridized carbons (Fsp3) is 0.314. The van der Waals surface area contributed by atoms with Crippen molar-refractivity contribution in [2.45, 2.75) is 17.8 Å². The maximum absolute atomic E-state index is 14.9. The molecular formula is C35H36F6N12. The highest BCUT2D eigenvalue weighted by atomic mass is 19.4. The molecule has 0 spiro atoms. The number of benzene rings is 4. The van der Waals surface area contributed by atoms with Crippen LogP contribution >= 0.6 is 0 Å². The van der Waals surface area contributed by atoms with E-state index in [1.165, 1.54) is 60.4 Å². The molecule has 0 saturated heterocycles. The number of fused-ring (bicyclic) bond motifs is 3. The standard InChI is InChI=1S/C35H36F6N12/c1-50(2)46-42-23-11-13-25-26-14-12-24(43-47-51(3)4)20-28(26)33(27(25)19-23,21-9-15-31(44-48-52(5)6)29(17-21)34(36,37)38)22-10-16-32(45-49-53(7)8)30(18-22)35(39,40)41/h9-20H,1-8H3/b46-42+,47-43+,48-44+,49-45+. The van der Waals surface area contributed by atoms with Crippen LogP contribution in [0, 0.1) is 0 Å². The summed E-state index contributed by atoms with van der Waals surface area (Å²) >= 11 is 0. The van der Waals surface area contributed by atoms with E-state index >= 15 is 0 Å². The molecule has 1 aliphatic rings. The molecule has 5 rings (SSSR count). The van der Waals surface area contributed by atoms with Gasteiger partial charge in [-0.1, -0.05) is 45.2 Å². The highest BCUT2D eigenvalue weighted by Gasteiger charge is 2.49. The smallest absolute Gasteiger partial charge is 0.285 e. The summed E-state index contributed by atoms with van der Waals surface area (Å²) < 4.78 is 89.4. The molecule has 0 heterocycles. The van der Waals surface area contributed by atoms with Gasteiger partial charge in [-0.3, -0.25) is 20.0 Å². The van der Waals surface area contributed by atoms with Crippen molar-refractivity contribution in [3.05, 3.63) is 106 Å². The van der Waals surface area contributed by atoms with Gasteiger partial charge in [0, 0.05) is 56.4 Å². The number of hydrogen-bond donors (Lipinski definition) is 0. The van der Waals surface area contributed by atoms with Gasteiger partial charge >= 0.3 is 12.4 Å². The Balaban J connectivity index is 2.00. The Morgan fingerprint density at radius 3 is 1.09 bits per heavy atom. The fourth-order valence-corrected chi connectivity index (χ4v) is 5.94. The highest BCUT2D eigenvalue weighted by molar-refractivity contribution is 5.88. The number of hydrogen-bond acceptors (Lipinski definition) is 8. The Kier molecular flexibility index (Phi) is 10.5. The minimum Gasteiger partial charge on any atom is -0.285 e. The average Bonchev–Trinajstić information content (AvgIpc) is 3.36. The van der Waals surface area contributed by atoms with E-state index in [0.717, 1.165) is 24.3 Å². The van der Waals surface area contributed by atoms with E-state index in [0.29, 0.717) is 33.6 Å². The Morgan fingerprint density at radius 1 is 0.434 bits per heavy atom. The molecule has 0 bridgehead atoms. The van der Waals surface area contributed by atoms with Crippen molar-refractivity contribution in [3.63, 3.8) is 0 Å². The van der Waals surface area contributed by atoms with Crippen LogP contribution in [0.2, 0.25) is 0 Å². The second-order valence-electron chi connectivity index (χ2n) is 12.8. The van der Waals surface area contributed by atoms with Gasteiger partial charge in [-0.15, -0.1) is 20.5 Å². The molecule has 1 aliphatic carbocycles. The topological polar surface area (TPSA) is 112 Å². The molecule has 0 saturated carbocycles. The van der Waals surface area contributed by atoms with Crippen molar-refractivity contribution < 1.29 is 26.3 Å². The first-order valence-electron chi connectivity index (χ1n) is 15.9. The normalized spacial score (nSPS) is 14.1. The molecule has 53 heavy (non-hydrogen) atoms. The van der Waals surface area contributed by atoms with Gasteiger partial charge in [0.2, 0.25) is 0 Å². The van der Waals surface area contributed by atoms with Crippen molar-refractivity contribution in [2.24, 2.45) is 41.4 Å². The lowest BCUT2D eigenvalue weighted by molar-refractivity contribution is -0.137. The second-order valence-corrected chi connectivity index (χ2v) is 12.8. The SMILES string of the molecule is CN(C)/N=N/c1ccc2c(c1)C(c1ccc(/N=N/N(C)C)c(C(F)(F)F)c1)(c1ccc(/N=N/N(C)C)c(C(F)(F)F)c1)c1cc(/N=N/N(C)C)ccc1-2. The first-order valence-corrected chi connectivity index (χ1v) is 15.9. The van der Waals surface area contributed by atoms with Crippen LogP contribution in [0.15, 0.2) is 114 Å². The van der Waals surface area contributed by atoms with Crippen molar-refractivity contribution >= 4 is 22.7 Å². The zero-order valence-corrected chi connectivity index (χ0v) is 30.1. The molecule has 0 amide bonds. The van der Waals surface area contributed by atoms with E-state index in [1.54, 1.807) is 64.6 Å². The molecular weight excluding hydrogens is 702 g/mol. The van der Waals surface area contributed by atoms with Crippen molar-refractivity contribution in [3.8, 4) is 11.1 Å². The molecule has 0 aliphatic heterocycles. The quantitative estimate of drug-likeness (QED) is 0.0806. The van der Waals surface area contributed by atoms with Crippen LogP contribution in [0.1, 0.15) is 33.4 Å². The van der Waals surface area contributed by atoms with E-state index in [1.807, 2.05) is 0 Å². The zero-order chi connectivity index (χ0) is 38.9. The first-order chi connectivity index (χ1) is 24.8. The minimum atomic E-state index is -4.93. The summed E-state index contributed by atoms with van der Waals surface area (Å²) in [7, 11) is 12.6. The molecule has 4 aromatic rings. The van der Waals surface area contributed by atoms with E-state index in [-0.39, 0.29) is 11.1 Å². The number of nitrogens with zero attached hydrogens (tertiary/aromatic N) is 12. The Labute approximate surface area is 301 Å². The third-order valence-corrected chi connectivity index (χ3v) is 7.92. The number of alkyl halides is 6. The Hall–Kier alpha value is -5.94. The van der Waals surface area contributed by atoms with E-state index in [4.69, 9.17) is 0 Å². The summed E-state index contributed by atoms with van der Waals surface area (Å²) in [6.45, 7) is 0. The van der Waals surface area contributed by atoms with Gasteiger partial charge < -0.3 is 0 Å². The summed E-state index contributed by atoms with van der Waals surface area (Å²) in [6.07, 6.45) is -9.86. The lowest BCUT2D eigenvalue weighted by Crippen LogP contribution is -2.29. The lowest BCUT2D eigenvalue weighted by Gasteiger charge is -2.35. The molecule has 278 valence electrons. The second kappa shape index (κ2) is 14.6. The van der Waals surface area contributed by atoms with Gasteiger partial charge in [-0.2, -0.15) is 26.3 Å². The van der Waals surface area contributed by atoms with Gasteiger partial charge in [-0.25, -0.2) is 0 Å². The maximum atomic E-state index is 14.9. The molecule has 0 radical (unpaired) electrons. The third kappa shape index (κ3) is 7.95. The van der Waals surface area contributed by atoms with Crippen LogP contribution in [0.3, 0.4) is 0 Å². The van der Waals surface area contributed by atoms with Gasteiger partial charge in [0.1, 0.15) is 0 Å². The van der Waals surface area contributed by atoms with Crippen LogP contribution in [0.5, 0.6) is 0 Å². The third-order valence-electron chi connectivity index (χ3n) is 7.92. The van der Waals surface area contributed by atoms with E-state index in [9.17, 15) is 26.3 Å². The predicted octanol–water partition coefficient (Wildman–Crippen LogP) is 10.3. The van der Waals surface area contributed by atoms with Gasteiger partial charge in [0.25, 0.3) is 0 Å². The summed E-state index contributed by atoms with van der Waals surface area (Å²) in [5, 5.41) is 37.3. The molecule has 0 fully saturated rings. The lowest BCUT2D eigenvalue weighted by atomic mass is 9.67. The minimum absolute atomic E-state index is 0.00665. The first kappa shape index (κ1) is 38.3. The Bertz CT molecular complexity index is 1950. The van der Waals surface area contributed by atoms with Crippen LogP contribution in [-0.4, -0.2) is 76.4 Å². The zero-order valence-electron chi connectivity index (χ0n) is 30.1. The fourth-order valence-electron chi connectivity index (χ4n) is 5.94. The number of rotatable bonds is 10. The number of halogens is 6. The van der Waals surface area contributed by atoms with E-state index in [2.05, 4.69) is 41.4 Å². The molecule has 12 nitrogen and oxygen atoms in total. The van der Waals surface area contributed by atoms with Crippen LogP contribution in [0.25, 0.3) is 11.1 Å². The van der Waals surface area contributed by atoms with Crippen LogP contribution in [0.4, 0.5) is 49.1 Å². The van der Waals surface area contributed by atoms with Crippen LogP contribution in [-0.2, 0) is 17.8 Å². The summed E-state index contributed by atoms with van der Waals surface area (Å²) in [5.74, 6) is 0. The van der Waals surface area contributed by atoms with Gasteiger partial charge in [0.15, 0.2) is 0 Å². The Morgan fingerprint density at radius 2 is 0.774 bits per heavy atom. The molecule has 0 unspecified atom stereocenters. The molecule has 0 N–H and O–H groups in total. The van der Waals surface area contributed by atoms with Crippen molar-refractivity contribution in [2.75, 3.05) is 56.4 Å². The van der Waals surface area contributed by atoms with Gasteiger partial charge in [0.05, 0.1) is 39.3 Å². The van der Waals surface area contributed by atoms with Gasteiger partial charge in [-0.05, 0) is 81.9 Å². The summed E-state index contributed by atoms with van der Waals surface area (Å²) in [5.41, 5.74) is -2.65. The monoisotopic (exact) mass is 738 g/mol. The van der Waals surface area contributed by atoms with E-state index < -0.39 is 40.3 Å². The van der Waals surface area contributed by atoms with Crippen LogP contribution < -0.4 is 0 Å². The van der Waals surface area contributed by atoms with Crippen molar-refractivity contribution in [1.29, 1.82) is 0 Å². The highest BCUT2D eigenvalue weighted by Crippen LogP contribution is 2.59. The van der Waals surface area contributed by atoms with Crippen molar-refractivity contribution in [1.82, 2.24) is 20.0 Å². The molecule has 4 aromatic carbocycles. The molecule has 18 heteroatoms. The summed E-state index contributed by atoms with van der Waals surface area (Å²) in [4.78, 5) is 0. The average molecular weight is 739 g/mol. The largest absolute Gasteiger partial charge is 0.418 e. The molecule has 0 atom stereocenters. The molecule has 0 aromatic heterocycles.